The third-order valence-corrected chi connectivity index (χ3v) is 4.10. The van der Waals surface area contributed by atoms with Crippen LogP contribution >= 0.6 is 0 Å². The van der Waals surface area contributed by atoms with E-state index < -0.39 is 6.04 Å². The van der Waals surface area contributed by atoms with E-state index in [9.17, 15) is 4.79 Å². The van der Waals surface area contributed by atoms with Crippen molar-refractivity contribution in [1.29, 1.82) is 0 Å². The molecule has 3 rings (SSSR count). The minimum atomic E-state index is -0.455. The smallest absolute Gasteiger partial charge is 0.240 e. The molecule has 6 nitrogen and oxygen atoms in total. The Morgan fingerprint density at radius 1 is 1.18 bits per heavy atom. The van der Waals surface area contributed by atoms with Crippen molar-refractivity contribution in [3.63, 3.8) is 0 Å². The Kier molecular flexibility index (Phi) is 3.94. The zero-order chi connectivity index (χ0) is 15.7. The third-order valence-electron chi connectivity index (χ3n) is 4.10. The number of carbonyl (C=O) groups excluding carboxylic acids is 1. The van der Waals surface area contributed by atoms with Gasteiger partial charge >= 0.3 is 0 Å². The number of fused-ring (bicyclic) bond motifs is 1. The number of benzene rings is 1. The maximum Gasteiger partial charge on any atom is 0.240 e. The molecule has 0 radical (unpaired) electrons. The van der Waals surface area contributed by atoms with Gasteiger partial charge in [0, 0.05) is 18.7 Å². The fraction of sp³-hybridized carbons (Fsp3) is 0.438. The van der Waals surface area contributed by atoms with E-state index in [4.69, 9.17) is 5.73 Å². The number of nitrogens with two attached hydrogens (primary N) is 1. The van der Waals surface area contributed by atoms with Crippen LogP contribution in [0.15, 0.2) is 30.3 Å². The minimum absolute atomic E-state index is 0.00879. The summed E-state index contributed by atoms with van der Waals surface area (Å²) in [7, 11) is 0. The number of carbonyl (C=O) groups is 1. The Balaban J connectivity index is 1.81. The maximum atomic E-state index is 12.4. The predicted octanol–water partition coefficient (Wildman–Crippen LogP) is 1.27. The number of rotatable bonds is 3. The molecule has 6 heteroatoms. The van der Waals surface area contributed by atoms with Crippen molar-refractivity contribution in [3.8, 4) is 11.4 Å². The van der Waals surface area contributed by atoms with Gasteiger partial charge in [-0.3, -0.25) is 4.79 Å². The fourth-order valence-electron chi connectivity index (χ4n) is 2.64. The first-order chi connectivity index (χ1) is 10.6. The zero-order valence-corrected chi connectivity index (χ0v) is 12.9. The Hall–Kier alpha value is -2.21. The molecule has 22 heavy (non-hydrogen) atoms. The summed E-state index contributed by atoms with van der Waals surface area (Å²) in [6.45, 7) is 5.73. The number of aromatic nitrogens is 3. The lowest BCUT2D eigenvalue weighted by atomic mass is 10.0. The SMILES string of the molecule is CC(C)[C@H](N)C(=O)N1CCn2c(nnc2-c2ccccc2)C1. The second-order valence-electron chi connectivity index (χ2n) is 5.99. The van der Waals surface area contributed by atoms with E-state index in [-0.39, 0.29) is 11.8 Å². The van der Waals surface area contributed by atoms with Crippen LogP contribution in [0.4, 0.5) is 0 Å². The van der Waals surface area contributed by atoms with Crippen LogP contribution in [0.1, 0.15) is 19.7 Å². The van der Waals surface area contributed by atoms with E-state index in [0.717, 1.165) is 17.2 Å². The molecular weight excluding hydrogens is 278 g/mol. The van der Waals surface area contributed by atoms with Crippen molar-refractivity contribution >= 4 is 5.91 Å². The fourth-order valence-corrected chi connectivity index (χ4v) is 2.64. The van der Waals surface area contributed by atoms with Gasteiger partial charge in [-0.1, -0.05) is 44.2 Å². The molecule has 1 aromatic heterocycles. The molecule has 1 aliphatic heterocycles. The zero-order valence-electron chi connectivity index (χ0n) is 12.9. The molecule has 2 N–H and O–H groups in total. The lowest BCUT2D eigenvalue weighted by Crippen LogP contribution is -2.49. The molecule has 116 valence electrons. The average Bonchev–Trinajstić information content (AvgIpc) is 2.97. The molecule has 0 fully saturated rings. The van der Waals surface area contributed by atoms with Crippen LogP contribution in [0.3, 0.4) is 0 Å². The van der Waals surface area contributed by atoms with Crippen molar-refractivity contribution in [2.45, 2.75) is 33.0 Å². The number of nitrogens with zero attached hydrogens (tertiary/aromatic N) is 4. The van der Waals surface area contributed by atoms with Gasteiger partial charge in [0.05, 0.1) is 12.6 Å². The molecule has 0 saturated heterocycles. The molecule has 0 spiro atoms. The van der Waals surface area contributed by atoms with Gasteiger partial charge in [0.1, 0.15) is 0 Å². The van der Waals surface area contributed by atoms with E-state index in [2.05, 4.69) is 14.8 Å². The lowest BCUT2D eigenvalue weighted by Gasteiger charge is -2.30. The van der Waals surface area contributed by atoms with Gasteiger partial charge in [0.25, 0.3) is 0 Å². The predicted molar refractivity (Wildman–Crippen MR) is 83.7 cm³/mol. The van der Waals surface area contributed by atoms with Crippen LogP contribution in [-0.4, -0.2) is 38.2 Å². The highest BCUT2D eigenvalue weighted by Crippen LogP contribution is 2.22. The molecular formula is C16H21N5O. The second-order valence-corrected chi connectivity index (χ2v) is 5.99. The number of amides is 1. The molecule has 1 aliphatic rings. The standard InChI is InChI=1S/C16H21N5O/c1-11(2)14(17)16(22)20-8-9-21-13(10-20)18-19-15(21)12-6-4-3-5-7-12/h3-7,11,14H,8-10,17H2,1-2H3/t14-/m0/s1. The van der Waals surface area contributed by atoms with Crippen LogP contribution in [0.2, 0.25) is 0 Å². The highest BCUT2D eigenvalue weighted by Gasteiger charge is 2.29. The van der Waals surface area contributed by atoms with Crippen LogP contribution < -0.4 is 5.73 Å². The normalized spacial score (nSPS) is 15.7. The monoisotopic (exact) mass is 299 g/mol. The van der Waals surface area contributed by atoms with Crippen LogP contribution in [0.5, 0.6) is 0 Å². The highest BCUT2D eigenvalue weighted by molar-refractivity contribution is 5.82. The summed E-state index contributed by atoms with van der Waals surface area (Å²) in [5.41, 5.74) is 7.01. The molecule has 1 amide bonds. The van der Waals surface area contributed by atoms with E-state index >= 15 is 0 Å². The third kappa shape index (κ3) is 2.62. The molecule has 0 bridgehead atoms. The summed E-state index contributed by atoms with van der Waals surface area (Å²) in [4.78, 5) is 14.2. The summed E-state index contributed by atoms with van der Waals surface area (Å²) in [6, 6.07) is 9.52. The minimum Gasteiger partial charge on any atom is -0.332 e. The van der Waals surface area contributed by atoms with Crippen LogP contribution in [0.25, 0.3) is 11.4 Å². The van der Waals surface area contributed by atoms with Gasteiger partial charge < -0.3 is 15.2 Å². The molecule has 1 aromatic carbocycles. The van der Waals surface area contributed by atoms with Crippen LogP contribution in [-0.2, 0) is 17.9 Å². The summed E-state index contributed by atoms with van der Waals surface area (Å²) in [6.07, 6.45) is 0. The lowest BCUT2D eigenvalue weighted by molar-refractivity contribution is -0.135. The molecule has 2 aromatic rings. The first-order valence-corrected chi connectivity index (χ1v) is 7.60. The van der Waals surface area contributed by atoms with Crippen LogP contribution in [0, 0.1) is 5.92 Å². The van der Waals surface area contributed by atoms with E-state index in [1.807, 2.05) is 44.2 Å². The molecule has 0 aliphatic carbocycles. The molecule has 2 heterocycles. The highest BCUT2D eigenvalue weighted by atomic mass is 16.2. The van der Waals surface area contributed by atoms with Gasteiger partial charge in [-0.2, -0.15) is 0 Å². The van der Waals surface area contributed by atoms with Gasteiger partial charge in [-0.15, -0.1) is 10.2 Å². The summed E-state index contributed by atoms with van der Waals surface area (Å²) in [5.74, 6) is 1.79. The second kappa shape index (κ2) is 5.88. The summed E-state index contributed by atoms with van der Waals surface area (Å²) >= 11 is 0. The first-order valence-electron chi connectivity index (χ1n) is 7.60. The Morgan fingerprint density at radius 3 is 2.59 bits per heavy atom. The van der Waals surface area contributed by atoms with Crippen molar-refractivity contribution < 1.29 is 4.79 Å². The Labute approximate surface area is 129 Å². The summed E-state index contributed by atoms with van der Waals surface area (Å²) < 4.78 is 2.08. The molecule has 0 unspecified atom stereocenters. The van der Waals surface area contributed by atoms with E-state index in [1.54, 1.807) is 4.90 Å². The molecule has 0 saturated carbocycles. The summed E-state index contributed by atoms with van der Waals surface area (Å²) in [5, 5.41) is 8.53. The quantitative estimate of drug-likeness (QED) is 0.926. The largest absolute Gasteiger partial charge is 0.332 e. The molecule has 1 atom stereocenters. The van der Waals surface area contributed by atoms with Crippen molar-refractivity contribution in [2.75, 3.05) is 6.54 Å². The topological polar surface area (TPSA) is 77.0 Å². The van der Waals surface area contributed by atoms with Crippen molar-refractivity contribution in [2.24, 2.45) is 11.7 Å². The van der Waals surface area contributed by atoms with Gasteiger partial charge in [-0.25, -0.2) is 0 Å². The van der Waals surface area contributed by atoms with Gasteiger partial charge in [-0.05, 0) is 5.92 Å². The van der Waals surface area contributed by atoms with Crippen molar-refractivity contribution in [3.05, 3.63) is 36.2 Å². The van der Waals surface area contributed by atoms with Gasteiger partial charge in [0.15, 0.2) is 11.6 Å². The van der Waals surface area contributed by atoms with E-state index in [1.165, 1.54) is 0 Å². The van der Waals surface area contributed by atoms with E-state index in [0.29, 0.717) is 19.6 Å². The maximum absolute atomic E-state index is 12.4. The van der Waals surface area contributed by atoms with Crippen molar-refractivity contribution in [1.82, 2.24) is 19.7 Å². The Bertz CT molecular complexity index is 664. The number of hydrogen-bond acceptors (Lipinski definition) is 4. The average molecular weight is 299 g/mol. The first kappa shape index (κ1) is 14.7. The van der Waals surface area contributed by atoms with Gasteiger partial charge in [0.2, 0.25) is 5.91 Å². The Morgan fingerprint density at radius 2 is 1.91 bits per heavy atom. The number of hydrogen-bond donors (Lipinski definition) is 1.